The molecule has 0 bridgehead atoms. The molecule has 15 heavy (non-hydrogen) atoms. The Labute approximate surface area is 94.6 Å². The number of hydrogen-bond acceptors (Lipinski definition) is 3. The maximum Gasteiger partial charge on any atom is 0.441 e. The molecule has 0 unspecified atom stereocenters. The van der Waals surface area contributed by atoms with Crippen molar-refractivity contribution in [1.82, 2.24) is 0 Å². The van der Waals surface area contributed by atoms with Crippen LogP contribution in [-0.2, 0) is 0 Å². The van der Waals surface area contributed by atoms with E-state index in [1.165, 1.54) is 11.8 Å². The lowest BCUT2D eigenvalue weighted by atomic mass is 10.3. The molecule has 1 aromatic carbocycles. The topological polar surface area (TPSA) is 26.0 Å². The molecule has 0 radical (unpaired) electrons. The van der Waals surface area contributed by atoms with Crippen molar-refractivity contribution < 1.29 is 13.2 Å². The highest BCUT2D eigenvalue weighted by Crippen LogP contribution is 2.31. The molecule has 0 amide bonds. The minimum atomic E-state index is -4.13. The molecule has 1 nitrogen and oxygen atoms in total. The maximum atomic E-state index is 11.8. The van der Waals surface area contributed by atoms with Gasteiger partial charge in [0, 0.05) is 22.1 Å². The SMILES string of the molecule is Nc1cccc(SCCSC(F)(F)F)c1. The van der Waals surface area contributed by atoms with Crippen LogP contribution in [0.4, 0.5) is 18.9 Å². The summed E-state index contributed by atoms with van der Waals surface area (Å²) in [5, 5.41) is 0. The van der Waals surface area contributed by atoms with E-state index in [1.807, 2.05) is 6.07 Å². The second-order valence-corrected chi connectivity index (χ2v) is 5.04. The zero-order valence-corrected chi connectivity index (χ0v) is 9.38. The maximum absolute atomic E-state index is 11.8. The molecule has 0 fully saturated rings. The molecule has 0 saturated carbocycles. The number of anilines is 1. The summed E-state index contributed by atoms with van der Waals surface area (Å²) in [5.74, 6) is 0.483. The summed E-state index contributed by atoms with van der Waals surface area (Å²) in [6, 6.07) is 7.12. The minimum absolute atomic E-state index is 0.00493. The quantitative estimate of drug-likeness (QED) is 0.504. The van der Waals surface area contributed by atoms with Gasteiger partial charge in [-0.15, -0.1) is 11.8 Å². The number of halogens is 3. The zero-order valence-electron chi connectivity index (χ0n) is 7.75. The molecule has 2 N–H and O–H groups in total. The van der Waals surface area contributed by atoms with Crippen molar-refractivity contribution in [2.75, 3.05) is 17.2 Å². The lowest BCUT2D eigenvalue weighted by Crippen LogP contribution is -2.02. The van der Waals surface area contributed by atoms with Crippen LogP contribution in [0.25, 0.3) is 0 Å². The number of thioether (sulfide) groups is 2. The van der Waals surface area contributed by atoms with Crippen molar-refractivity contribution in [3.8, 4) is 0 Å². The van der Waals surface area contributed by atoms with Crippen LogP contribution < -0.4 is 5.73 Å². The largest absolute Gasteiger partial charge is 0.441 e. The highest BCUT2D eigenvalue weighted by atomic mass is 32.2. The van der Waals surface area contributed by atoms with E-state index < -0.39 is 5.51 Å². The van der Waals surface area contributed by atoms with Gasteiger partial charge in [-0.1, -0.05) is 17.8 Å². The summed E-state index contributed by atoms with van der Waals surface area (Å²) < 4.78 is 35.3. The Balaban J connectivity index is 2.26. The minimum Gasteiger partial charge on any atom is -0.399 e. The fourth-order valence-corrected chi connectivity index (χ4v) is 2.45. The number of nitrogens with two attached hydrogens (primary N) is 1. The summed E-state index contributed by atoms with van der Waals surface area (Å²) in [6.07, 6.45) is 0. The molecule has 84 valence electrons. The number of hydrogen-bond donors (Lipinski definition) is 1. The first-order chi connectivity index (χ1) is 6.97. The number of alkyl halides is 3. The van der Waals surface area contributed by atoms with Crippen LogP contribution in [-0.4, -0.2) is 17.0 Å². The van der Waals surface area contributed by atoms with Gasteiger partial charge in [-0.2, -0.15) is 13.2 Å². The fraction of sp³-hybridized carbons (Fsp3) is 0.333. The molecular formula is C9H10F3NS2. The number of nitrogen functional groups attached to an aromatic ring is 1. The van der Waals surface area contributed by atoms with Crippen molar-refractivity contribution in [1.29, 1.82) is 0 Å². The van der Waals surface area contributed by atoms with Crippen molar-refractivity contribution in [2.24, 2.45) is 0 Å². The van der Waals surface area contributed by atoms with Gasteiger partial charge in [0.2, 0.25) is 0 Å². The van der Waals surface area contributed by atoms with Crippen LogP contribution in [0, 0.1) is 0 Å². The van der Waals surface area contributed by atoms with Crippen LogP contribution >= 0.6 is 23.5 Å². The Morgan fingerprint density at radius 1 is 1.20 bits per heavy atom. The first-order valence-electron chi connectivity index (χ1n) is 4.16. The Morgan fingerprint density at radius 3 is 2.53 bits per heavy atom. The lowest BCUT2D eigenvalue weighted by Gasteiger charge is -2.05. The molecule has 0 atom stereocenters. The molecule has 0 aliphatic carbocycles. The molecule has 0 aliphatic heterocycles. The zero-order chi connectivity index (χ0) is 11.3. The third-order valence-electron chi connectivity index (χ3n) is 1.48. The summed E-state index contributed by atoms with van der Waals surface area (Å²) in [7, 11) is 0. The van der Waals surface area contributed by atoms with Crippen LogP contribution in [0.15, 0.2) is 29.2 Å². The lowest BCUT2D eigenvalue weighted by molar-refractivity contribution is -0.0326. The fourth-order valence-electron chi connectivity index (χ4n) is 0.921. The first-order valence-corrected chi connectivity index (χ1v) is 6.13. The number of benzene rings is 1. The molecule has 1 aromatic rings. The van der Waals surface area contributed by atoms with E-state index in [4.69, 9.17) is 5.73 Å². The number of rotatable bonds is 4. The predicted octanol–water partition coefficient (Wildman–Crippen LogP) is 3.61. The van der Waals surface area contributed by atoms with E-state index >= 15 is 0 Å². The van der Waals surface area contributed by atoms with E-state index in [1.54, 1.807) is 18.2 Å². The van der Waals surface area contributed by atoms with Crippen molar-refractivity contribution in [3.05, 3.63) is 24.3 Å². The van der Waals surface area contributed by atoms with E-state index in [0.29, 0.717) is 11.4 Å². The van der Waals surface area contributed by atoms with Gasteiger partial charge in [-0.05, 0) is 18.2 Å². The van der Waals surface area contributed by atoms with Crippen molar-refractivity contribution >= 4 is 29.2 Å². The molecule has 0 aliphatic rings. The van der Waals surface area contributed by atoms with Gasteiger partial charge in [0.1, 0.15) is 0 Å². The molecular weight excluding hydrogens is 243 g/mol. The standard InChI is InChI=1S/C9H10F3NS2/c10-9(11,12)15-5-4-14-8-3-1-2-7(13)6-8/h1-3,6H,4-5,13H2. The third-order valence-corrected chi connectivity index (χ3v) is 3.47. The summed E-state index contributed by atoms with van der Waals surface area (Å²) in [4.78, 5) is 0.901. The Kier molecular flexibility index (Phi) is 4.66. The monoisotopic (exact) mass is 253 g/mol. The molecule has 1 rings (SSSR count). The first kappa shape index (κ1) is 12.6. The molecule has 0 aromatic heterocycles. The average Bonchev–Trinajstić information content (AvgIpc) is 2.11. The highest BCUT2D eigenvalue weighted by Gasteiger charge is 2.27. The van der Waals surface area contributed by atoms with Crippen LogP contribution in [0.5, 0.6) is 0 Å². The van der Waals surface area contributed by atoms with Crippen LogP contribution in [0.3, 0.4) is 0 Å². The van der Waals surface area contributed by atoms with Gasteiger partial charge in [0.25, 0.3) is 0 Å². The van der Waals surface area contributed by atoms with Gasteiger partial charge in [0.05, 0.1) is 0 Å². The molecule has 0 saturated heterocycles. The van der Waals surface area contributed by atoms with Crippen LogP contribution in [0.2, 0.25) is 0 Å². The normalized spacial score (nSPS) is 11.7. The predicted molar refractivity (Wildman–Crippen MR) is 60.1 cm³/mol. The van der Waals surface area contributed by atoms with Gasteiger partial charge in [0.15, 0.2) is 0 Å². The Bertz CT molecular complexity index is 314. The van der Waals surface area contributed by atoms with Crippen molar-refractivity contribution in [2.45, 2.75) is 10.4 Å². The van der Waals surface area contributed by atoms with E-state index in [0.717, 1.165) is 4.90 Å². The third kappa shape index (κ3) is 5.84. The van der Waals surface area contributed by atoms with Gasteiger partial charge >= 0.3 is 5.51 Å². The van der Waals surface area contributed by atoms with E-state index in [-0.39, 0.29) is 17.5 Å². The van der Waals surface area contributed by atoms with Crippen LogP contribution in [0.1, 0.15) is 0 Å². The average molecular weight is 253 g/mol. The second kappa shape index (κ2) is 5.55. The Morgan fingerprint density at radius 2 is 1.93 bits per heavy atom. The summed E-state index contributed by atoms with van der Waals surface area (Å²) in [6.45, 7) is 0. The summed E-state index contributed by atoms with van der Waals surface area (Å²) in [5.41, 5.74) is 2.03. The van der Waals surface area contributed by atoms with Gasteiger partial charge in [-0.25, -0.2) is 0 Å². The van der Waals surface area contributed by atoms with Gasteiger partial charge < -0.3 is 5.73 Å². The molecule has 0 spiro atoms. The smallest absolute Gasteiger partial charge is 0.399 e. The highest BCUT2D eigenvalue weighted by molar-refractivity contribution is 8.03. The second-order valence-electron chi connectivity index (χ2n) is 2.72. The summed E-state index contributed by atoms with van der Waals surface area (Å²) >= 11 is 1.38. The molecule has 0 heterocycles. The van der Waals surface area contributed by atoms with E-state index in [9.17, 15) is 13.2 Å². The van der Waals surface area contributed by atoms with E-state index in [2.05, 4.69) is 0 Å². The molecule has 6 heteroatoms. The van der Waals surface area contributed by atoms with Gasteiger partial charge in [-0.3, -0.25) is 0 Å². The van der Waals surface area contributed by atoms with Crippen molar-refractivity contribution in [3.63, 3.8) is 0 Å². The Hall–Kier alpha value is -0.490.